The Labute approximate surface area is 92.7 Å². The van der Waals surface area contributed by atoms with Crippen LogP contribution < -0.4 is 0 Å². The molecule has 0 aliphatic rings. The fraction of sp³-hybridized carbons (Fsp3) is 0.222. The third kappa shape index (κ3) is 3.21. The van der Waals surface area contributed by atoms with Gasteiger partial charge in [0.2, 0.25) is 0 Å². The number of sulfone groups is 1. The van der Waals surface area contributed by atoms with E-state index in [1.165, 1.54) is 24.3 Å². The molecule has 0 saturated carbocycles. The predicted molar refractivity (Wildman–Crippen MR) is 55.5 cm³/mol. The van der Waals surface area contributed by atoms with Gasteiger partial charge in [0.1, 0.15) is 0 Å². The van der Waals surface area contributed by atoms with E-state index in [1.807, 2.05) is 0 Å². The summed E-state index contributed by atoms with van der Waals surface area (Å²) in [5.74, 6) is -1.45. The minimum absolute atomic E-state index is 0.0531. The van der Waals surface area contributed by atoms with E-state index in [1.54, 1.807) is 0 Å². The van der Waals surface area contributed by atoms with Gasteiger partial charge in [-0.1, -0.05) is 11.6 Å². The number of carbonyl (C=O) groups is 1. The number of hydrogen-bond donors (Lipinski definition) is 0. The van der Waals surface area contributed by atoms with E-state index < -0.39 is 21.6 Å². The first-order valence-electron chi connectivity index (χ1n) is 4.01. The molecule has 0 heterocycles. The first kappa shape index (κ1) is 12.0. The van der Waals surface area contributed by atoms with Crippen LogP contribution in [0.5, 0.6) is 0 Å². The van der Waals surface area contributed by atoms with Crippen molar-refractivity contribution in [3.8, 4) is 0 Å². The molecule has 4 nitrogen and oxygen atoms in total. The molecule has 0 fully saturated rings. The summed E-state index contributed by atoms with van der Waals surface area (Å²) < 4.78 is 27.4. The molecule has 0 aromatic heterocycles. The molecule has 0 atom stereocenters. The minimum atomic E-state index is -3.62. The second kappa shape index (κ2) is 4.63. The molecule has 0 aliphatic carbocycles. The van der Waals surface area contributed by atoms with Crippen LogP contribution in [0.1, 0.15) is 0 Å². The number of halogens is 1. The van der Waals surface area contributed by atoms with Gasteiger partial charge >= 0.3 is 5.97 Å². The van der Waals surface area contributed by atoms with Gasteiger partial charge in [-0.3, -0.25) is 4.79 Å². The number of ether oxygens (including phenoxy) is 1. The highest BCUT2D eigenvalue weighted by Gasteiger charge is 2.19. The lowest BCUT2D eigenvalue weighted by Crippen LogP contribution is -2.17. The molecule has 1 aromatic rings. The maximum atomic E-state index is 11.6. The van der Waals surface area contributed by atoms with Crippen molar-refractivity contribution in [3.05, 3.63) is 29.3 Å². The third-order valence-electron chi connectivity index (χ3n) is 1.71. The van der Waals surface area contributed by atoms with Crippen molar-refractivity contribution in [2.75, 3.05) is 12.9 Å². The van der Waals surface area contributed by atoms with Gasteiger partial charge in [-0.25, -0.2) is 8.42 Å². The topological polar surface area (TPSA) is 60.4 Å². The molecular weight excluding hydrogens is 240 g/mol. The molecule has 0 aliphatic heterocycles. The van der Waals surface area contributed by atoms with Crippen LogP contribution in [0.3, 0.4) is 0 Å². The predicted octanol–water partition coefficient (Wildman–Crippen LogP) is 1.29. The Morgan fingerprint density at radius 2 is 1.87 bits per heavy atom. The highest BCUT2D eigenvalue weighted by molar-refractivity contribution is 7.92. The van der Waals surface area contributed by atoms with E-state index in [4.69, 9.17) is 11.6 Å². The molecular formula is C9H9ClO4S. The van der Waals surface area contributed by atoms with Crippen molar-refractivity contribution >= 4 is 27.4 Å². The van der Waals surface area contributed by atoms with Crippen LogP contribution in [0.25, 0.3) is 0 Å². The van der Waals surface area contributed by atoms with Gasteiger partial charge in [-0.15, -0.1) is 0 Å². The number of benzene rings is 1. The molecule has 0 spiro atoms. The normalized spacial score (nSPS) is 11.1. The van der Waals surface area contributed by atoms with Crippen LogP contribution in [-0.4, -0.2) is 27.2 Å². The average Bonchev–Trinajstić information content (AvgIpc) is 2.17. The Morgan fingerprint density at radius 3 is 2.33 bits per heavy atom. The summed E-state index contributed by atoms with van der Waals surface area (Å²) in [6, 6.07) is 5.60. The second-order valence-corrected chi connectivity index (χ2v) is 5.22. The van der Waals surface area contributed by atoms with Crippen molar-refractivity contribution in [1.82, 2.24) is 0 Å². The maximum Gasteiger partial charge on any atom is 0.321 e. The molecule has 82 valence electrons. The van der Waals surface area contributed by atoms with Crippen LogP contribution in [0.2, 0.25) is 5.02 Å². The quantitative estimate of drug-likeness (QED) is 0.757. The summed E-state index contributed by atoms with van der Waals surface area (Å²) in [6.07, 6.45) is 0. The number of carbonyl (C=O) groups excluding carboxylic acids is 1. The second-order valence-electron chi connectivity index (χ2n) is 2.79. The standard InChI is InChI=1S/C9H9ClO4S/c1-14-9(11)6-15(12,13)8-4-2-7(10)3-5-8/h2-5H,6H2,1H3. The fourth-order valence-corrected chi connectivity index (χ4v) is 2.21. The first-order valence-corrected chi connectivity index (χ1v) is 6.04. The largest absolute Gasteiger partial charge is 0.468 e. The van der Waals surface area contributed by atoms with Crippen molar-refractivity contribution in [3.63, 3.8) is 0 Å². The summed E-state index contributed by atoms with van der Waals surface area (Å²) in [6.45, 7) is 0. The van der Waals surface area contributed by atoms with Crippen molar-refractivity contribution in [2.24, 2.45) is 0 Å². The zero-order valence-corrected chi connectivity index (χ0v) is 9.51. The molecule has 0 unspecified atom stereocenters. The first-order chi connectivity index (χ1) is 6.95. The van der Waals surface area contributed by atoms with E-state index >= 15 is 0 Å². The minimum Gasteiger partial charge on any atom is -0.468 e. The zero-order chi connectivity index (χ0) is 11.5. The van der Waals surface area contributed by atoms with Gasteiger partial charge in [-0.2, -0.15) is 0 Å². The number of rotatable bonds is 3. The SMILES string of the molecule is COC(=O)CS(=O)(=O)c1ccc(Cl)cc1. The average molecular weight is 249 g/mol. The van der Waals surface area contributed by atoms with Crippen molar-refractivity contribution < 1.29 is 17.9 Å². The molecule has 0 radical (unpaired) electrons. The van der Waals surface area contributed by atoms with E-state index in [0.717, 1.165) is 7.11 Å². The smallest absolute Gasteiger partial charge is 0.321 e. The highest BCUT2D eigenvalue weighted by Crippen LogP contribution is 2.15. The van der Waals surface area contributed by atoms with Gasteiger partial charge in [-0.05, 0) is 24.3 Å². The van der Waals surface area contributed by atoms with Gasteiger partial charge in [0.05, 0.1) is 12.0 Å². The lowest BCUT2D eigenvalue weighted by molar-refractivity contribution is -0.137. The van der Waals surface area contributed by atoms with Gasteiger partial charge in [0.15, 0.2) is 15.6 Å². The van der Waals surface area contributed by atoms with Gasteiger partial charge in [0.25, 0.3) is 0 Å². The zero-order valence-electron chi connectivity index (χ0n) is 7.94. The Hall–Kier alpha value is -1.07. The van der Waals surface area contributed by atoms with Crippen LogP contribution in [-0.2, 0) is 19.4 Å². The van der Waals surface area contributed by atoms with E-state index in [2.05, 4.69) is 4.74 Å². The van der Waals surface area contributed by atoms with Crippen LogP contribution in [0.4, 0.5) is 0 Å². The van der Waals surface area contributed by atoms with Crippen LogP contribution in [0.15, 0.2) is 29.2 Å². The lowest BCUT2D eigenvalue weighted by Gasteiger charge is -2.02. The maximum absolute atomic E-state index is 11.6. The number of esters is 1. The summed E-state index contributed by atoms with van der Waals surface area (Å²) in [5, 5.41) is 0.437. The van der Waals surface area contributed by atoms with Crippen LogP contribution >= 0.6 is 11.6 Å². The van der Waals surface area contributed by atoms with E-state index in [9.17, 15) is 13.2 Å². The fourth-order valence-electron chi connectivity index (χ4n) is 0.939. The molecule has 1 aromatic carbocycles. The molecule has 15 heavy (non-hydrogen) atoms. The Morgan fingerprint density at radius 1 is 1.33 bits per heavy atom. The third-order valence-corrected chi connectivity index (χ3v) is 3.57. The summed E-state index contributed by atoms with van der Waals surface area (Å²) in [7, 11) is -2.48. The molecule has 0 N–H and O–H groups in total. The molecule has 1 rings (SSSR count). The Kier molecular flexibility index (Phi) is 3.71. The van der Waals surface area contributed by atoms with E-state index in [-0.39, 0.29) is 4.90 Å². The van der Waals surface area contributed by atoms with Crippen molar-refractivity contribution in [2.45, 2.75) is 4.90 Å². The number of hydrogen-bond acceptors (Lipinski definition) is 4. The summed E-state index contributed by atoms with van der Waals surface area (Å²) in [5.41, 5.74) is 0. The lowest BCUT2D eigenvalue weighted by atomic mass is 10.4. The number of methoxy groups -OCH3 is 1. The van der Waals surface area contributed by atoms with Crippen LogP contribution in [0, 0.1) is 0 Å². The Balaban J connectivity index is 2.96. The molecule has 6 heteroatoms. The highest BCUT2D eigenvalue weighted by atomic mass is 35.5. The summed E-state index contributed by atoms with van der Waals surface area (Å²) >= 11 is 5.61. The molecule has 0 saturated heterocycles. The monoisotopic (exact) mass is 248 g/mol. The van der Waals surface area contributed by atoms with Crippen molar-refractivity contribution in [1.29, 1.82) is 0 Å². The summed E-state index contributed by atoms with van der Waals surface area (Å²) in [4.78, 5) is 10.9. The molecule has 0 bridgehead atoms. The Bertz CT molecular complexity index is 450. The van der Waals surface area contributed by atoms with Gasteiger partial charge in [0, 0.05) is 5.02 Å². The molecule has 0 amide bonds. The van der Waals surface area contributed by atoms with Gasteiger partial charge < -0.3 is 4.74 Å². The van der Waals surface area contributed by atoms with E-state index in [0.29, 0.717) is 5.02 Å².